The molecule has 1 N–H and O–H groups in total. The van der Waals surface area contributed by atoms with Crippen molar-refractivity contribution in [3.8, 4) is 0 Å². The van der Waals surface area contributed by atoms with Crippen molar-refractivity contribution in [1.82, 2.24) is 0 Å². The number of hydrogen-bond donors (Lipinski definition) is 1. The van der Waals surface area contributed by atoms with Crippen LogP contribution in [0, 0.1) is 0 Å². The highest BCUT2D eigenvalue weighted by Crippen LogP contribution is 2.09. The molecule has 88 valence electrons. The Morgan fingerprint density at radius 2 is 2.06 bits per heavy atom. The van der Waals surface area contributed by atoms with Crippen molar-refractivity contribution < 1.29 is 9.90 Å². The molecule has 3 rings (SSSR count). The number of allylic oxidation sites excluding steroid dienone is 2. The van der Waals surface area contributed by atoms with E-state index in [0.717, 1.165) is 21.8 Å². The quantitative estimate of drug-likeness (QED) is 0.793. The SMILES string of the molecule is O=C(O)C1=CN=c2c(ccc3c2=NC=CC=C3)C1. The van der Waals surface area contributed by atoms with Crippen molar-refractivity contribution in [1.29, 1.82) is 0 Å². The fourth-order valence-corrected chi connectivity index (χ4v) is 2.04. The van der Waals surface area contributed by atoms with Crippen LogP contribution in [0.15, 0.2) is 52.2 Å². The van der Waals surface area contributed by atoms with Crippen LogP contribution < -0.4 is 10.7 Å². The van der Waals surface area contributed by atoms with E-state index in [0.29, 0.717) is 12.0 Å². The van der Waals surface area contributed by atoms with E-state index in [2.05, 4.69) is 9.98 Å². The average molecular weight is 238 g/mol. The van der Waals surface area contributed by atoms with Gasteiger partial charge >= 0.3 is 5.97 Å². The molecule has 0 atom stereocenters. The van der Waals surface area contributed by atoms with Gasteiger partial charge in [0, 0.05) is 24.4 Å². The molecule has 18 heavy (non-hydrogen) atoms. The van der Waals surface area contributed by atoms with Gasteiger partial charge in [0.1, 0.15) is 0 Å². The number of carboxylic acid groups (broad SMARTS) is 1. The molecule has 0 amide bonds. The van der Waals surface area contributed by atoms with Crippen LogP contribution in [0.3, 0.4) is 0 Å². The summed E-state index contributed by atoms with van der Waals surface area (Å²) in [4.78, 5) is 19.5. The molecule has 0 saturated heterocycles. The minimum Gasteiger partial charge on any atom is -0.478 e. The van der Waals surface area contributed by atoms with Gasteiger partial charge in [0.2, 0.25) is 0 Å². The topological polar surface area (TPSA) is 62.0 Å². The van der Waals surface area contributed by atoms with E-state index in [9.17, 15) is 4.79 Å². The first-order valence-electron chi connectivity index (χ1n) is 5.59. The summed E-state index contributed by atoms with van der Waals surface area (Å²) in [5.74, 6) is -0.920. The van der Waals surface area contributed by atoms with Crippen LogP contribution in [0.5, 0.6) is 0 Å². The first-order chi connectivity index (χ1) is 8.75. The number of fused-ring (bicyclic) bond motifs is 3. The Bertz CT molecular complexity index is 740. The van der Waals surface area contributed by atoms with E-state index in [1.807, 2.05) is 30.4 Å². The zero-order valence-corrected chi connectivity index (χ0v) is 9.50. The Morgan fingerprint density at radius 1 is 1.17 bits per heavy atom. The van der Waals surface area contributed by atoms with Gasteiger partial charge < -0.3 is 5.11 Å². The normalized spacial score (nSPS) is 15.7. The Hall–Kier alpha value is -2.49. The number of hydrogen-bond acceptors (Lipinski definition) is 3. The maximum absolute atomic E-state index is 10.9. The van der Waals surface area contributed by atoms with E-state index < -0.39 is 5.97 Å². The predicted molar refractivity (Wildman–Crippen MR) is 66.4 cm³/mol. The van der Waals surface area contributed by atoms with Gasteiger partial charge in [-0.05, 0) is 11.6 Å². The maximum Gasteiger partial charge on any atom is 0.333 e. The van der Waals surface area contributed by atoms with Gasteiger partial charge in [-0.2, -0.15) is 0 Å². The Morgan fingerprint density at radius 3 is 2.89 bits per heavy atom. The monoisotopic (exact) mass is 238 g/mol. The Kier molecular flexibility index (Phi) is 2.41. The third kappa shape index (κ3) is 1.68. The molecule has 0 bridgehead atoms. The van der Waals surface area contributed by atoms with Gasteiger partial charge in [0.15, 0.2) is 0 Å². The van der Waals surface area contributed by atoms with Crippen LogP contribution in [-0.2, 0) is 11.2 Å². The summed E-state index contributed by atoms with van der Waals surface area (Å²) in [5.41, 5.74) is 2.21. The molecule has 1 aromatic rings. The molecule has 2 heterocycles. The predicted octanol–water partition coefficient (Wildman–Crippen LogP) is 0.991. The molecular formula is C14H10N2O2. The molecule has 2 aliphatic rings. The van der Waals surface area contributed by atoms with Gasteiger partial charge in [0.25, 0.3) is 0 Å². The summed E-state index contributed by atoms with van der Waals surface area (Å²) >= 11 is 0. The van der Waals surface area contributed by atoms with Crippen LogP contribution in [0.25, 0.3) is 6.08 Å². The highest BCUT2D eigenvalue weighted by Gasteiger charge is 2.14. The lowest BCUT2D eigenvalue weighted by Crippen LogP contribution is -2.33. The number of carboxylic acids is 1. The van der Waals surface area contributed by atoms with Gasteiger partial charge in [-0.25, -0.2) is 4.79 Å². The number of benzene rings is 1. The highest BCUT2D eigenvalue weighted by atomic mass is 16.4. The molecule has 2 aliphatic heterocycles. The fourth-order valence-electron chi connectivity index (χ4n) is 2.04. The van der Waals surface area contributed by atoms with Gasteiger partial charge in [-0.3, -0.25) is 9.98 Å². The van der Waals surface area contributed by atoms with Crippen molar-refractivity contribution in [2.24, 2.45) is 9.98 Å². The van der Waals surface area contributed by atoms with Crippen LogP contribution in [0.4, 0.5) is 0 Å². The minimum atomic E-state index is -0.920. The van der Waals surface area contributed by atoms with Crippen LogP contribution in [-0.4, -0.2) is 11.1 Å². The van der Waals surface area contributed by atoms with Crippen LogP contribution >= 0.6 is 0 Å². The summed E-state index contributed by atoms with van der Waals surface area (Å²) in [6.07, 6.45) is 9.27. The smallest absolute Gasteiger partial charge is 0.333 e. The van der Waals surface area contributed by atoms with E-state index in [1.54, 1.807) is 6.20 Å². The number of carbonyl (C=O) groups is 1. The second-order valence-corrected chi connectivity index (χ2v) is 4.11. The molecule has 0 fully saturated rings. The zero-order valence-electron chi connectivity index (χ0n) is 9.50. The summed E-state index contributed by atoms with van der Waals surface area (Å²) in [5, 5.41) is 10.5. The third-order valence-corrected chi connectivity index (χ3v) is 2.95. The molecule has 0 spiro atoms. The molecule has 0 aromatic heterocycles. The molecule has 1 aromatic carbocycles. The van der Waals surface area contributed by atoms with Crippen molar-refractivity contribution >= 4 is 12.0 Å². The zero-order chi connectivity index (χ0) is 12.5. The van der Waals surface area contributed by atoms with Gasteiger partial charge in [0.05, 0.1) is 16.3 Å². The lowest BCUT2D eigenvalue weighted by atomic mass is 10.0. The van der Waals surface area contributed by atoms with E-state index in [1.165, 1.54) is 6.20 Å². The summed E-state index contributed by atoms with van der Waals surface area (Å²) < 4.78 is 0. The largest absolute Gasteiger partial charge is 0.478 e. The van der Waals surface area contributed by atoms with Crippen molar-refractivity contribution in [2.45, 2.75) is 6.42 Å². The highest BCUT2D eigenvalue weighted by molar-refractivity contribution is 5.87. The molecule has 0 radical (unpaired) electrons. The summed E-state index contributed by atoms with van der Waals surface area (Å²) in [6, 6.07) is 3.86. The molecule has 4 nitrogen and oxygen atoms in total. The molecule has 0 aliphatic carbocycles. The summed E-state index contributed by atoms with van der Waals surface area (Å²) in [7, 11) is 0. The Balaban J connectivity index is 2.30. The average Bonchev–Trinajstić information content (AvgIpc) is 2.63. The van der Waals surface area contributed by atoms with Crippen molar-refractivity contribution in [3.63, 3.8) is 0 Å². The first-order valence-corrected chi connectivity index (χ1v) is 5.59. The van der Waals surface area contributed by atoms with Crippen LogP contribution in [0.1, 0.15) is 11.1 Å². The summed E-state index contributed by atoms with van der Waals surface area (Å²) in [6.45, 7) is 0. The standard InChI is InChI=1S/C14H10N2O2/c17-14(18)11-7-10-5-4-9-3-1-2-6-15-12(9)13(10)16-8-11/h1-6,8H,7H2,(H,17,18). The van der Waals surface area contributed by atoms with Crippen LogP contribution in [0.2, 0.25) is 0 Å². The van der Waals surface area contributed by atoms with Gasteiger partial charge in [-0.1, -0.05) is 24.3 Å². The van der Waals surface area contributed by atoms with E-state index >= 15 is 0 Å². The molecule has 4 heteroatoms. The number of rotatable bonds is 1. The van der Waals surface area contributed by atoms with Crippen molar-refractivity contribution in [2.75, 3.05) is 0 Å². The second-order valence-electron chi connectivity index (χ2n) is 4.11. The second kappa shape index (κ2) is 4.07. The molecular weight excluding hydrogens is 228 g/mol. The van der Waals surface area contributed by atoms with Gasteiger partial charge in [-0.15, -0.1) is 0 Å². The first kappa shape index (κ1) is 10.7. The number of nitrogens with zero attached hydrogens (tertiary/aromatic N) is 2. The van der Waals surface area contributed by atoms with Crippen molar-refractivity contribution in [3.05, 3.63) is 64.1 Å². The third-order valence-electron chi connectivity index (χ3n) is 2.95. The molecule has 0 unspecified atom stereocenters. The van der Waals surface area contributed by atoms with E-state index in [-0.39, 0.29) is 0 Å². The lowest BCUT2D eigenvalue weighted by Gasteiger charge is -2.08. The number of aliphatic carboxylic acids is 1. The maximum atomic E-state index is 10.9. The molecule has 0 saturated carbocycles. The Labute approximate surface area is 103 Å². The fraction of sp³-hybridized carbons (Fsp3) is 0.0714. The lowest BCUT2D eigenvalue weighted by molar-refractivity contribution is -0.132. The minimum absolute atomic E-state index is 0.308. The van der Waals surface area contributed by atoms with E-state index in [4.69, 9.17) is 5.11 Å².